The topological polar surface area (TPSA) is 215 Å². The van der Waals surface area contributed by atoms with Crippen molar-refractivity contribution in [1.29, 1.82) is 0 Å². The van der Waals surface area contributed by atoms with E-state index in [4.69, 9.17) is 0 Å². The molecule has 0 aliphatic rings. The average Bonchev–Trinajstić information content (AvgIpc) is 0.782. The van der Waals surface area contributed by atoms with Crippen LogP contribution in [-0.2, 0) is 0 Å². The van der Waals surface area contributed by atoms with Crippen molar-refractivity contribution in [2.45, 2.75) is 145 Å². The van der Waals surface area contributed by atoms with Gasteiger partial charge in [-0.05, 0) is 266 Å². The van der Waals surface area contributed by atoms with E-state index in [0.717, 1.165) is 151 Å². The van der Waals surface area contributed by atoms with E-state index < -0.39 is 0 Å². The highest BCUT2D eigenvalue weighted by Crippen LogP contribution is 2.21. The van der Waals surface area contributed by atoms with Crippen LogP contribution in [0.15, 0.2) is 174 Å². The molecule has 504 valence electrons. The molecule has 14 rings (SSSR count). The Labute approximate surface area is 568 Å². The van der Waals surface area contributed by atoms with Gasteiger partial charge in [0.15, 0.2) is 0 Å². The summed E-state index contributed by atoms with van der Waals surface area (Å²) in [4.78, 5) is 97.9. The number of rotatable bonds is 0. The fourth-order valence-corrected chi connectivity index (χ4v) is 12.3. The number of aromatic nitrogens is 12. The normalized spacial score (nSPS) is 10.8. The molecule has 14 heterocycles. The van der Waals surface area contributed by atoms with Gasteiger partial charge in [-0.2, -0.15) is 9.61 Å². The van der Waals surface area contributed by atoms with Gasteiger partial charge >= 0.3 is 5.69 Å². The van der Waals surface area contributed by atoms with Crippen molar-refractivity contribution in [1.82, 2.24) is 56.0 Å². The fraction of sp³-hybridized carbons (Fsp3) is 0.266. The Bertz CT molecular complexity index is 5830. The summed E-state index contributed by atoms with van der Waals surface area (Å²) >= 11 is 0. The number of nitrogens with zero attached hydrogens (tertiary/aromatic N) is 12. The highest BCUT2D eigenvalue weighted by molar-refractivity contribution is 5.65. The molecule has 14 aromatic rings. The molecular weight excluding hydrogens is 1230 g/mol. The number of fused-ring (bicyclic) bond motifs is 7. The summed E-state index contributed by atoms with van der Waals surface area (Å²) in [5.74, 6) is 0.740. The van der Waals surface area contributed by atoms with Gasteiger partial charge in [0, 0.05) is 95.3 Å². The van der Waals surface area contributed by atoms with Crippen molar-refractivity contribution in [2.75, 3.05) is 0 Å². The summed E-state index contributed by atoms with van der Waals surface area (Å²) in [7, 11) is 0. The van der Waals surface area contributed by atoms with Crippen LogP contribution in [0, 0.1) is 145 Å². The third-order valence-corrected chi connectivity index (χ3v) is 17.6. The van der Waals surface area contributed by atoms with Gasteiger partial charge in [-0.15, -0.1) is 0 Å². The highest BCUT2D eigenvalue weighted by atomic mass is 16.2. The number of hydrogen-bond acceptors (Lipinski definition) is 12. The van der Waals surface area contributed by atoms with E-state index in [1.807, 2.05) is 205 Å². The molecule has 14 aromatic heterocycles. The highest BCUT2D eigenvalue weighted by Gasteiger charge is 2.13. The predicted molar refractivity (Wildman–Crippen MR) is 394 cm³/mol. The van der Waals surface area contributed by atoms with Crippen LogP contribution in [0.2, 0.25) is 0 Å². The number of pyridine rings is 9. The monoisotopic (exact) mass is 1310 g/mol. The molecule has 0 radical (unpaired) electrons. The van der Waals surface area contributed by atoms with Crippen LogP contribution >= 0.6 is 0 Å². The van der Waals surface area contributed by atoms with E-state index in [1.54, 1.807) is 75.5 Å². The Hall–Kier alpha value is -11.3. The largest absolute Gasteiger partial charge is 0.352 e. The first-order chi connectivity index (χ1) is 46.3. The van der Waals surface area contributed by atoms with Crippen LogP contribution in [0.1, 0.15) is 118 Å². The molecular formula is C79H86N12O7. The first-order valence-electron chi connectivity index (χ1n) is 32.2. The van der Waals surface area contributed by atoms with Gasteiger partial charge in [-0.3, -0.25) is 55.2 Å². The fourth-order valence-electron chi connectivity index (χ4n) is 12.3. The zero-order valence-electron chi connectivity index (χ0n) is 60.0. The van der Waals surface area contributed by atoms with Crippen LogP contribution < -0.4 is 39.0 Å². The second-order valence-electron chi connectivity index (χ2n) is 25.1. The third-order valence-electron chi connectivity index (χ3n) is 17.6. The van der Waals surface area contributed by atoms with Crippen molar-refractivity contribution in [2.24, 2.45) is 0 Å². The van der Waals surface area contributed by atoms with E-state index in [-0.39, 0.29) is 39.0 Å². The lowest BCUT2D eigenvalue weighted by molar-refractivity contribution is 0.876. The van der Waals surface area contributed by atoms with Crippen molar-refractivity contribution in [3.05, 3.63) is 331 Å². The second kappa shape index (κ2) is 30.2. The Balaban J connectivity index is 0.000000146. The Morgan fingerprint density at radius 3 is 1.22 bits per heavy atom. The molecule has 19 nitrogen and oxygen atoms in total. The maximum Gasteiger partial charge on any atom is 0.352 e. The molecule has 0 aromatic carbocycles. The Morgan fingerprint density at radius 2 is 0.673 bits per heavy atom. The molecule has 0 bridgehead atoms. The molecule has 0 saturated carbocycles. The van der Waals surface area contributed by atoms with Crippen molar-refractivity contribution in [3.63, 3.8) is 0 Å². The average molecular weight is 1320 g/mol. The van der Waals surface area contributed by atoms with Crippen LogP contribution in [0.5, 0.6) is 0 Å². The lowest BCUT2D eigenvalue weighted by Gasteiger charge is -2.12. The van der Waals surface area contributed by atoms with Gasteiger partial charge in [0.05, 0.1) is 27.6 Å². The van der Waals surface area contributed by atoms with Crippen LogP contribution in [0.3, 0.4) is 0 Å². The Kier molecular flexibility index (Phi) is 22.3. The quantitative estimate of drug-likeness (QED) is 0.139. The van der Waals surface area contributed by atoms with Crippen LogP contribution in [0.4, 0.5) is 0 Å². The second-order valence-corrected chi connectivity index (χ2v) is 25.1. The standard InChI is InChI=1S/C13H15NO.2C12H14N2O.C12H13NO.3C10H10N2O/c1-8-5-6-11(4)14-12(8)9(2)7-10(3)13(14)15;1-7-5-11(15)14-10(4)13-6-8(2)12(14)9(7)3;1-7-5-9(3)14-11(10(7)4)8(2)6-13-12(14)15;1-8-4-6-10(3)13-11(14)7-5-9(2)12(8)13;1-7-3-4-9(13)12-8(2)5-6-11-10(7)12;1-7-3-4-9(13)12-10(7)8(2)5-6-11-12;1-7-3-4-8(2)12-9(13)5-6-11-10(7)12/h5-7H,1-4H3;2*5-6H,1-4H3;4-7H,1-3H3;3*3-6H,1-2H3. The van der Waals surface area contributed by atoms with Crippen LogP contribution in [-0.4, -0.2) is 56.0 Å². The summed E-state index contributed by atoms with van der Waals surface area (Å²) in [6.07, 6.45) is 8.37. The maximum atomic E-state index is 12.0. The summed E-state index contributed by atoms with van der Waals surface area (Å²) in [5, 5.41) is 4.01. The third kappa shape index (κ3) is 15.0. The molecule has 0 unspecified atom stereocenters. The number of aryl methyl sites for hydroxylation is 21. The maximum absolute atomic E-state index is 12.0. The SMILES string of the molecule is Cc1cc(=O)n2c(C)ncc(C)c2c1C.Cc1cc(C)c2c(C)ccc(C)n2c1=O.Cc1cc(C)n2c(=O)ncc(C)c2c1C.Cc1ccc(=O)n2c(C)ccnc12.Cc1ccc(C)n2c(=O)ccc(C)c12.Cc1ccc(C)n2c(=O)ccnc12.Cc1ccnn2c(=O)ccc(C)c12. The smallest absolute Gasteiger partial charge is 0.281 e. The molecule has 0 fully saturated rings. The Morgan fingerprint density at radius 1 is 0.255 bits per heavy atom. The molecule has 19 heteroatoms. The molecule has 0 atom stereocenters. The lowest BCUT2D eigenvalue weighted by atomic mass is 10.1. The molecule has 0 spiro atoms. The summed E-state index contributed by atoms with van der Waals surface area (Å²) in [5.41, 5.74) is 27.3. The summed E-state index contributed by atoms with van der Waals surface area (Å²) < 4.78 is 11.6. The first kappa shape index (κ1) is 72.5. The minimum Gasteiger partial charge on any atom is -0.281 e. The predicted octanol–water partition coefficient (Wildman–Crippen LogP) is 12.5. The molecule has 0 aliphatic carbocycles. The van der Waals surface area contributed by atoms with Crippen LogP contribution in [0.25, 0.3) is 38.9 Å². The lowest BCUT2D eigenvalue weighted by Crippen LogP contribution is -2.20. The van der Waals surface area contributed by atoms with Gasteiger partial charge in [-0.1, -0.05) is 36.4 Å². The first-order valence-corrected chi connectivity index (χ1v) is 32.2. The van der Waals surface area contributed by atoms with Gasteiger partial charge in [-0.25, -0.2) is 24.7 Å². The summed E-state index contributed by atoms with van der Waals surface area (Å²) in [6, 6.07) is 33.0. The van der Waals surface area contributed by atoms with E-state index in [0.29, 0.717) is 0 Å². The minimum absolute atomic E-state index is 0.00167. The van der Waals surface area contributed by atoms with Crippen molar-refractivity contribution >= 4 is 38.9 Å². The van der Waals surface area contributed by atoms with Gasteiger partial charge in [0.2, 0.25) is 0 Å². The van der Waals surface area contributed by atoms with E-state index in [9.17, 15) is 33.6 Å². The van der Waals surface area contributed by atoms with Gasteiger partial charge in [0.1, 0.15) is 17.1 Å². The van der Waals surface area contributed by atoms with E-state index in [1.165, 1.54) is 22.2 Å². The van der Waals surface area contributed by atoms with Crippen molar-refractivity contribution < 1.29 is 0 Å². The zero-order valence-corrected chi connectivity index (χ0v) is 60.0. The van der Waals surface area contributed by atoms with Gasteiger partial charge < -0.3 is 0 Å². The van der Waals surface area contributed by atoms with Crippen molar-refractivity contribution in [3.8, 4) is 0 Å². The zero-order chi connectivity index (χ0) is 72.0. The molecule has 0 aliphatic heterocycles. The van der Waals surface area contributed by atoms with E-state index in [2.05, 4.69) is 44.1 Å². The molecule has 0 N–H and O–H groups in total. The molecule has 98 heavy (non-hydrogen) atoms. The minimum atomic E-state index is -0.198. The van der Waals surface area contributed by atoms with E-state index >= 15 is 0 Å². The molecule has 0 amide bonds. The molecule has 0 saturated heterocycles. The number of hydrogen-bond donors (Lipinski definition) is 0. The van der Waals surface area contributed by atoms with Gasteiger partial charge in [0.25, 0.3) is 33.4 Å². The summed E-state index contributed by atoms with van der Waals surface area (Å²) in [6.45, 7) is 41.4.